The molecule has 0 bridgehead atoms. The number of hydrogen-bond acceptors (Lipinski definition) is 14. The van der Waals surface area contributed by atoms with E-state index in [9.17, 15) is 43.2 Å². The van der Waals surface area contributed by atoms with Crippen molar-refractivity contribution in [3.63, 3.8) is 0 Å². The van der Waals surface area contributed by atoms with E-state index >= 15 is 0 Å². The van der Waals surface area contributed by atoms with Gasteiger partial charge in [-0.3, -0.25) is 43.2 Å². The minimum absolute atomic E-state index is 0. The van der Waals surface area contributed by atoms with Gasteiger partial charge in [0.2, 0.25) is 11.8 Å². The zero-order chi connectivity index (χ0) is 61.0. The number of carbonyl (C=O) groups is 9. The highest BCUT2D eigenvalue weighted by Crippen LogP contribution is 2.33. The zero-order valence-corrected chi connectivity index (χ0v) is 51.4. The number of Topliss-reactive ketones (excluding diaryl/α,β-unsaturated/α-hetero) is 5. The number of hydrogen-bond donors (Lipinski definition) is 5. The molecule has 1 aromatic rings. The molecule has 19 heteroatoms. The number of ether oxygens (including phenoxy) is 4. The van der Waals surface area contributed by atoms with E-state index in [0.717, 1.165) is 82.7 Å². The van der Waals surface area contributed by atoms with E-state index in [1.54, 1.807) is 19.4 Å². The van der Waals surface area contributed by atoms with Crippen LogP contribution in [-0.4, -0.2) is 139 Å². The summed E-state index contributed by atoms with van der Waals surface area (Å²) in [4.78, 5) is 112. The van der Waals surface area contributed by atoms with Gasteiger partial charge >= 0.3 is 11.9 Å². The first kappa shape index (κ1) is 76.3. The van der Waals surface area contributed by atoms with Gasteiger partial charge in [0.1, 0.15) is 36.3 Å². The van der Waals surface area contributed by atoms with Gasteiger partial charge in [-0.2, -0.15) is 0 Å². The molecule has 19 nitrogen and oxygen atoms in total. The molecule has 1 aromatic heterocycles. The Balaban J connectivity index is 0.00000163. The van der Waals surface area contributed by atoms with Crippen LogP contribution in [0.5, 0.6) is 0 Å². The molecule has 2 amide bonds. The molecule has 0 spiro atoms. The highest BCUT2D eigenvalue weighted by Gasteiger charge is 2.28. The molecule has 0 saturated heterocycles. The van der Waals surface area contributed by atoms with Crippen LogP contribution in [0.4, 0.5) is 0 Å². The van der Waals surface area contributed by atoms with Crippen LogP contribution in [0.2, 0.25) is 0 Å². The van der Waals surface area contributed by atoms with Gasteiger partial charge in [0, 0.05) is 89.6 Å². The molecular formula is C64H112N4O15. The van der Waals surface area contributed by atoms with Gasteiger partial charge in [0.05, 0.1) is 51.9 Å². The largest absolute Gasteiger partial charge is 0.481 e. The van der Waals surface area contributed by atoms with E-state index in [4.69, 9.17) is 29.2 Å². The Morgan fingerprint density at radius 2 is 1.08 bits per heavy atom. The fourth-order valence-corrected chi connectivity index (χ4v) is 10.1. The molecule has 1 heterocycles. The van der Waals surface area contributed by atoms with E-state index in [2.05, 4.69) is 20.6 Å². The van der Waals surface area contributed by atoms with E-state index in [0.29, 0.717) is 109 Å². The Bertz CT molecular complexity index is 1900. The quantitative estimate of drug-likeness (QED) is 0.0379. The number of ketones is 5. The second-order valence-corrected chi connectivity index (χ2v) is 22.8. The summed E-state index contributed by atoms with van der Waals surface area (Å²) in [5.41, 5.74) is 0.907. The summed E-state index contributed by atoms with van der Waals surface area (Å²) >= 11 is 0. The maximum absolute atomic E-state index is 12.3. The number of nitrogens with one attached hydrogen (secondary N) is 3. The number of amides is 2. The molecule has 2 atom stereocenters. The lowest BCUT2D eigenvalue weighted by Gasteiger charge is -2.28. The molecule has 2 rings (SSSR count). The van der Waals surface area contributed by atoms with Gasteiger partial charge in [-0.25, -0.2) is 4.98 Å². The standard InChI is InChI=1S/C33H58O6.C31H52N4O9.H2/c1-27(33(38)39)26-31(35)29-23-20-28(21-24-29)22-25-30(34)18-16-14-12-10-8-6-4-2-3-5-7-9-11-13-15-17-19-32(36)37;1-3-7-30(39)33-12-14-41-17-19-44-23-31(40)34-13-15-42-16-18-43-22-29(38)9-6-4-5-8-26(25(2)36)20-28(37)11-10-27-21-32-24-35-27;/h27-29H,2-26H2,1H3,(H,36,37)(H,38,39);21,24,26H,3-20,22-23H2,1-2H3,(H,32,35)(H,33,39)(H,34,40);1H/t27-,28?,29?;26-;/m11./s1. The molecule has 83 heavy (non-hydrogen) atoms. The molecule has 1 aliphatic rings. The average Bonchev–Trinajstić information content (AvgIpc) is 4.12. The Kier molecular flexibility index (Phi) is 48.5. The normalized spacial score (nSPS) is 14.7. The van der Waals surface area contributed by atoms with Crippen LogP contribution >= 0.6 is 0 Å². The lowest BCUT2D eigenvalue weighted by atomic mass is 9.76. The van der Waals surface area contributed by atoms with Crippen molar-refractivity contribution < 1.29 is 73.7 Å². The predicted octanol–water partition coefficient (Wildman–Crippen LogP) is 11.3. The molecule has 0 aromatic carbocycles. The number of aryl methyl sites for hydroxylation is 1. The van der Waals surface area contributed by atoms with Crippen LogP contribution in [0.25, 0.3) is 0 Å². The lowest BCUT2D eigenvalue weighted by Crippen LogP contribution is -2.31. The van der Waals surface area contributed by atoms with Gasteiger partial charge < -0.3 is 44.8 Å². The van der Waals surface area contributed by atoms with Gasteiger partial charge in [0.15, 0.2) is 5.78 Å². The third kappa shape index (κ3) is 47.2. The van der Waals surface area contributed by atoms with Crippen molar-refractivity contribution >= 4 is 52.7 Å². The molecule has 478 valence electrons. The summed E-state index contributed by atoms with van der Waals surface area (Å²) in [5.74, 6) is -1.51. The van der Waals surface area contributed by atoms with Gasteiger partial charge in [-0.1, -0.05) is 117 Å². The number of carboxylic acid groups (broad SMARTS) is 2. The number of aromatic amines is 1. The topological polar surface area (TPSA) is 284 Å². The van der Waals surface area contributed by atoms with Crippen LogP contribution in [-0.2, 0) is 68.5 Å². The first-order chi connectivity index (χ1) is 40.1. The highest BCUT2D eigenvalue weighted by atomic mass is 16.5. The van der Waals surface area contributed by atoms with Crippen molar-refractivity contribution in [1.29, 1.82) is 0 Å². The number of H-pyrrole nitrogens is 1. The third-order valence-corrected chi connectivity index (χ3v) is 15.3. The van der Waals surface area contributed by atoms with E-state index in [1.807, 2.05) is 6.92 Å². The number of unbranched alkanes of at least 4 members (excludes halogenated alkanes) is 17. The van der Waals surface area contributed by atoms with Crippen molar-refractivity contribution in [3.8, 4) is 0 Å². The van der Waals surface area contributed by atoms with E-state index in [-0.39, 0.29) is 87.5 Å². The van der Waals surface area contributed by atoms with Crippen LogP contribution in [0, 0.1) is 23.7 Å². The smallest absolute Gasteiger partial charge is 0.306 e. The number of carbonyl (C=O) groups excluding carboxylic acids is 7. The summed E-state index contributed by atoms with van der Waals surface area (Å²) in [6, 6.07) is 0. The van der Waals surface area contributed by atoms with Crippen molar-refractivity contribution in [2.24, 2.45) is 23.7 Å². The first-order valence-electron chi connectivity index (χ1n) is 32.0. The molecule has 5 N–H and O–H groups in total. The molecule has 0 unspecified atom stereocenters. The fraction of sp³-hybridized carbons (Fsp3) is 0.812. The second kappa shape index (κ2) is 52.8. The summed E-state index contributed by atoms with van der Waals surface area (Å²) < 4.78 is 21.3. The van der Waals surface area contributed by atoms with Crippen LogP contribution in [0.3, 0.4) is 0 Å². The number of rotatable bonds is 56. The minimum atomic E-state index is -0.898. The summed E-state index contributed by atoms with van der Waals surface area (Å²) in [5, 5.41) is 23.1. The van der Waals surface area contributed by atoms with Crippen LogP contribution in [0.15, 0.2) is 12.5 Å². The molecular weight excluding hydrogens is 1060 g/mol. The average molecular weight is 1180 g/mol. The Labute approximate surface area is 498 Å². The van der Waals surface area contributed by atoms with Gasteiger partial charge in [0.25, 0.3) is 0 Å². The predicted molar refractivity (Wildman–Crippen MR) is 322 cm³/mol. The lowest BCUT2D eigenvalue weighted by molar-refractivity contribution is -0.143. The SMILES string of the molecule is CCCC(=O)NCCOCCOCC(=O)NCCOCCOCC(=O)CCCCC[C@H](CC(=O)CCc1cnc[nH]1)C(C)=O.C[C@H](CC(=O)C1CCC(CCC(=O)CCCCCCCCCCCCCCCCCCC(=O)O)CC1)C(=O)O.[HH]. The van der Waals surface area contributed by atoms with Crippen LogP contribution < -0.4 is 10.6 Å². The molecule has 0 aliphatic heterocycles. The summed E-state index contributed by atoms with van der Waals surface area (Å²) in [7, 11) is 0. The Morgan fingerprint density at radius 1 is 0.578 bits per heavy atom. The Hall–Kier alpha value is -4.72. The molecule has 1 aliphatic carbocycles. The maximum atomic E-state index is 12.3. The number of nitrogens with zero attached hydrogens (tertiary/aromatic N) is 1. The molecule has 1 saturated carbocycles. The summed E-state index contributed by atoms with van der Waals surface area (Å²) in [6.45, 7) is 7.71. The number of aliphatic carboxylic acids is 2. The van der Waals surface area contributed by atoms with Crippen molar-refractivity contribution in [2.45, 2.75) is 245 Å². The third-order valence-electron chi connectivity index (χ3n) is 15.3. The fourth-order valence-electron chi connectivity index (χ4n) is 10.1. The molecule has 1 fully saturated rings. The number of carboxylic acids is 2. The van der Waals surface area contributed by atoms with E-state index < -0.39 is 17.9 Å². The summed E-state index contributed by atoms with van der Waals surface area (Å²) in [6.07, 6.45) is 35.2. The number of aromatic nitrogens is 2. The van der Waals surface area contributed by atoms with Gasteiger partial charge in [-0.05, 0) is 83.5 Å². The van der Waals surface area contributed by atoms with Crippen molar-refractivity contribution in [3.05, 3.63) is 18.2 Å². The Morgan fingerprint density at radius 3 is 1.60 bits per heavy atom. The van der Waals surface area contributed by atoms with Crippen molar-refractivity contribution in [2.75, 3.05) is 65.9 Å². The highest BCUT2D eigenvalue weighted by molar-refractivity contribution is 5.87. The molecule has 0 radical (unpaired) electrons. The maximum Gasteiger partial charge on any atom is 0.306 e. The monoisotopic (exact) mass is 1180 g/mol. The number of imidazole rings is 1. The van der Waals surface area contributed by atoms with E-state index in [1.165, 1.54) is 84.0 Å². The first-order valence-corrected chi connectivity index (χ1v) is 32.0. The van der Waals surface area contributed by atoms with Gasteiger partial charge in [-0.15, -0.1) is 0 Å². The second-order valence-electron chi connectivity index (χ2n) is 22.8. The van der Waals surface area contributed by atoms with Crippen LogP contribution in [0.1, 0.15) is 246 Å². The van der Waals surface area contributed by atoms with Crippen molar-refractivity contribution in [1.82, 2.24) is 20.6 Å². The zero-order valence-electron chi connectivity index (χ0n) is 51.4. The minimum Gasteiger partial charge on any atom is -0.481 e.